The van der Waals surface area contributed by atoms with Gasteiger partial charge in [0, 0.05) is 18.9 Å². The normalized spacial score (nSPS) is 20.7. The summed E-state index contributed by atoms with van der Waals surface area (Å²) in [6.45, 7) is 4.77. The van der Waals surface area contributed by atoms with Gasteiger partial charge >= 0.3 is 0 Å². The van der Waals surface area contributed by atoms with E-state index in [-0.39, 0.29) is 11.8 Å². The molecule has 0 bridgehead atoms. The van der Waals surface area contributed by atoms with Crippen LogP contribution in [-0.4, -0.2) is 33.5 Å². The van der Waals surface area contributed by atoms with E-state index >= 15 is 0 Å². The fourth-order valence-electron chi connectivity index (χ4n) is 2.71. The largest absolute Gasteiger partial charge is 0.445 e. The molecule has 1 aromatic heterocycles. The molecule has 110 valence electrons. The first kappa shape index (κ1) is 13.6. The first-order valence-corrected chi connectivity index (χ1v) is 7.51. The minimum atomic E-state index is -0.922. The third-order valence-corrected chi connectivity index (χ3v) is 4.39. The maximum atomic E-state index is 12.2. The van der Waals surface area contributed by atoms with Crippen LogP contribution in [0.2, 0.25) is 0 Å². The van der Waals surface area contributed by atoms with Gasteiger partial charge in [-0.1, -0.05) is 20.3 Å². The molecule has 0 aromatic carbocycles. The molecule has 1 N–H and O–H groups in total. The quantitative estimate of drug-likeness (QED) is 0.916. The Kier molecular flexibility index (Phi) is 3.54. The van der Waals surface area contributed by atoms with Crippen molar-refractivity contribution >= 4 is 5.91 Å². The third-order valence-electron chi connectivity index (χ3n) is 4.39. The second-order valence-corrected chi connectivity index (χ2v) is 6.25. The number of aliphatic hydroxyl groups is 1. The van der Waals surface area contributed by atoms with Gasteiger partial charge in [0.15, 0.2) is 5.89 Å². The molecule has 3 rings (SSSR count). The van der Waals surface area contributed by atoms with E-state index in [9.17, 15) is 9.90 Å². The van der Waals surface area contributed by atoms with Gasteiger partial charge in [-0.2, -0.15) is 0 Å². The Morgan fingerprint density at radius 2 is 2.20 bits per heavy atom. The van der Waals surface area contributed by atoms with E-state index in [1.165, 1.54) is 6.42 Å². The molecule has 5 nitrogen and oxygen atoms in total. The Hall–Kier alpha value is -1.36. The predicted molar refractivity (Wildman–Crippen MR) is 73.1 cm³/mol. The molecule has 2 aliphatic rings. The second kappa shape index (κ2) is 5.20. The molecule has 20 heavy (non-hydrogen) atoms. The zero-order valence-electron chi connectivity index (χ0n) is 12.1. The van der Waals surface area contributed by atoms with Crippen LogP contribution in [0.1, 0.15) is 56.4 Å². The van der Waals surface area contributed by atoms with Crippen molar-refractivity contribution in [3.63, 3.8) is 0 Å². The average molecular weight is 278 g/mol. The fourth-order valence-corrected chi connectivity index (χ4v) is 2.71. The highest BCUT2D eigenvalue weighted by Crippen LogP contribution is 2.37. The fraction of sp³-hybridized carbons (Fsp3) is 0.733. The van der Waals surface area contributed by atoms with Crippen LogP contribution in [0.4, 0.5) is 0 Å². The number of fused-ring (bicyclic) bond motifs is 1. The van der Waals surface area contributed by atoms with Crippen LogP contribution in [0.5, 0.6) is 0 Å². The van der Waals surface area contributed by atoms with Crippen molar-refractivity contribution in [1.29, 1.82) is 0 Å². The Morgan fingerprint density at radius 3 is 2.80 bits per heavy atom. The maximum Gasteiger partial charge on any atom is 0.252 e. The Balaban J connectivity index is 1.71. The second-order valence-electron chi connectivity index (χ2n) is 6.25. The summed E-state index contributed by atoms with van der Waals surface area (Å²) in [5.74, 6) is 1.99. The van der Waals surface area contributed by atoms with Crippen molar-refractivity contribution in [3.8, 4) is 0 Å². The monoisotopic (exact) mass is 278 g/mol. The Bertz CT molecular complexity index is 505. The van der Waals surface area contributed by atoms with Crippen molar-refractivity contribution in [2.45, 2.75) is 58.1 Å². The van der Waals surface area contributed by atoms with Crippen molar-refractivity contribution in [2.75, 3.05) is 6.54 Å². The highest BCUT2D eigenvalue weighted by molar-refractivity contribution is 5.81. The molecule has 0 radical (unpaired) electrons. The van der Waals surface area contributed by atoms with Crippen LogP contribution in [0.15, 0.2) is 4.42 Å². The van der Waals surface area contributed by atoms with Gasteiger partial charge in [0.1, 0.15) is 17.6 Å². The highest BCUT2D eigenvalue weighted by atomic mass is 16.4. The summed E-state index contributed by atoms with van der Waals surface area (Å²) in [7, 11) is 0. The van der Waals surface area contributed by atoms with E-state index in [1.807, 2.05) is 13.8 Å². The predicted octanol–water partition coefficient (Wildman–Crippen LogP) is 1.84. The van der Waals surface area contributed by atoms with Crippen LogP contribution < -0.4 is 0 Å². The van der Waals surface area contributed by atoms with Crippen LogP contribution >= 0.6 is 0 Å². The molecule has 0 spiro atoms. The van der Waals surface area contributed by atoms with Gasteiger partial charge < -0.3 is 14.4 Å². The number of hydrogen-bond donors (Lipinski definition) is 1. The van der Waals surface area contributed by atoms with Crippen LogP contribution in [0, 0.1) is 5.92 Å². The summed E-state index contributed by atoms with van der Waals surface area (Å²) in [6.07, 6.45) is 3.35. The maximum absolute atomic E-state index is 12.2. The van der Waals surface area contributed by atoms with Crippen molar-refractivity contribution in [3.05, 3.63) is 17.3 Å². The van der Waals surface area contributed by atoms with Gasteiger partial charge in [-0.05, 0) is 18.8 Å². The lowest BCUT2D eigenvalue weighted by atomic mass is 9.85. The molecule has 1 aliphatic heterocycles. The van der Waals surface area contributed by atoms with E-state index in [2.05, 4.69) is 4.98 Å². The van der Waals surface area contributed by atoms with E-state index in [0.29, 0.717) is 25.4 Å². The van der Waals surface area contributed by atoms with E-state index in [0.717, 1.165) is 30.2 Å². The van der Waals surface area contributed by atoms with Crippen molar-refractivity contribution < 1.29 is 14.3 Å². The number of aromatic nitrogens is 1. The molecule has 5 heteroatoms. The van der Waals surface area contributed by atoms with Gasteiger partial charge in [0.2, 0.25) is 0 Å². The zero-order chi connectivity index (χ0) is 14.3. The summed E-state index contributed by atoms with van der Waals surface area (Å²) >= 11 is 0. The van der Waals surface area contributed by atoms with Gasteiger partial charge in [-0.25, -0.2) is 4.98 Å². The van der Waals surface area contributed by atoms with Gasteiger partial charge in [0.05, 0.1) is 6.54 Å². The smallest absolute Gasteiger partial charge is 0.252 e. The lowest BCUT2D eigenvalue weighted by Crippen LogP contribution is -2.43. The summed E-state index contributed by atoms with van der Waals surface area (Å²) in [4.78, 5) is 18.4. The molecule has 2 heterocycles. The highest BCUT2D eigenvalue weighted by Gasteiger charge is 2.32. The van der Waals surface area contributed by atoms with E-state index in [1.54, 1.807) is 4.90 Å². The molecule has 1 fully saturated rings. The first-order chi connectivity index (χ1) is 9.56. The number of carbonyl (C=O) groups is 1. The third kappa shape index (κ3) is 2.35. The van der Waals surface area contributed by atoms with E-state index in [4.69, 9.17) is 4.42 Å². The number of nitrogens with zero attached hydrogens (tertiary/aromatic N) is 2. The SMILES string of the molecule is CC(C)C(O)C(=O)N1CCc2oc(C3CCC3)nc2C1. The number of carbonyl (C=O) groups excluding carboxylic acids is 1. The van der Waals surface area contributed by atoms with E-state index < -0.39 is 6.10 Å². The average Bonchev–Trinajstić information content (AvgIpc) is 2.76. The standard InChI is InChI=1S/C15H22N2O3/c1-9(2)13(18)15(19)17-7-6-12-11(8-17)16-14(20-12)10-4-3-5-10/h9-10,13,18H,3-8H2,1-2H3. The minimum Gasteiger partial charge on any atom is -0.445 e. The van der Waals surface area contributed by atoms with Gasteiger partial charge in [-0.15, -0.1) is 0 Å². The lowest BCUT2D eigenvalue weighted by molar-refractivity contribution is -0.143. The summed E-state index contributed by atoms with van der Waals surface area (Å²) in [6, 6.07) is 0. The van der Waals surface area contributed by atoms with Crippen molar-refractivity contribution in [2.24, 2.45) is 5.92 Å². The lowest BCUT2D eigenvalue weighted by Gasteiger charge is -2.28. The number of rotatable bonds is 3. The number of hydrogen-bond acceptors (Lipinski definition) is 4. The number of amides is 1. The van der Waals surface area contributed by atoms with Crippen LogP contribution in [-0.2, 0) is 17.8 Å². The summed E-state index contributed by atoms with van der Waals surface area (Å²) in [5, 5.41) is 9.90. The molecule has 0 saturated heterocycles. The molecule has 1 unspecified atom stereocenters. The molecule has 1 aliphatic carbocycles. The molecule has 1 aromatic rings. The molecule has 1 saturated carbocycles. The topological polar surface area (TPSA) is 66.6 Å². The van der Waals surface area contributed by atoms with Gasteiger partial charge in [-0.3, -0.25) is 4.79 Å². The van der Waals surface area contributed by atoms with Crippen molar-refractivity contribution in [1.82, 2.24) is 9.88 Å². The Morgan fingerprint density at radius 1 is 1.45 bits per heavy atom. The molecule has 1 atom stereocenters. The Labute approximate surface area is 119 Å². The summed E-state index contributed by atoms with van der Waals surface area (Å²) < 4.78 is 5.83. The minimum absolute atomic E-state index is 0.0632. The summed E-state index contributed by atoms with van der Waals surface area (Å²) in [5.41, 5.74) is 0.877. The first-order valence-electron chi connectivity index (χ1n) is 7.51. The van der Waals surface area contributed by atoms with Crippen LogP contribution in [0.3, 0.4) is 0 Å². The van der Waals surface area contributed by atoms with Gasteiger partial charge in [0.25, 0.3) is 5.91 Å². The van der Waals surface area contributed by atoms with Crippen LogP contribution in [0.25, 0.3) is 0 Å². The molecular formula is C15H22N2O3. The molecule has 1 amide bonds. The molecular weight excluding hydrogens is 256 g/mol. The number of oxazole rings is 1. The zero-order valence-corrected chi connectivity index (χ0v) is 12.1. The number of aliphatic hydroxyl groups excluding tert-OH is 1.